The molecule has 1 aromatic rings. The van der Waals surface area contributed by atoms with Gasteiger partial charge in [0.25, 0.3) is 0 Å². The molecule has 0 amide bonds. The standard InChI is InChI=1S/C14H23NOS/c1-12(2)15-10-14(7-8-16-11-14)6-5-13-4-3-9-17-13/h3-4,9,12,15H,5-8,10-11H2,1-2H3. The highest BCUT2D eigenvalue weighted by Crippen LogP contribution is 2.33. The molecule has 2 rings (SSSR count). The third-order valence-electron chi connectivity index (χ3n) is 3.55. The van der Waals surface area contributed by atoms with E-state index >= 15 is 0 Å². The third kappa shape index (κ3) is 3.80. The van der Waals surface area contributed by atoms with Gasteiger partial charge in [-0.25, -0.2) is 0 Å². The fourth-order valence-electron chi connectivity index (χ4n) is 2.34. The highest BCUT2D eigenvalue weighted by atomic mass is 32.1. The molecule has 1 fully saturated rings. The zero-order valence-corrected chi connectivity index (χ0v) is 11.7. The molecule has 0 aliphatic carbocycles. The Morgan fingerprint density at radius 3 is 3.00 bits per heavy atom. The maximum Gasteiger partial charge on any atom is 0.0535 e. The van der Waals surface area contributed by atoms with Crippen LogP contribution in [0.4, 0.5) is 0 Å². The molecule has 1 unspecified atom stereocenters. The van der Waals surface area contributed by atoms with Crippen LogP contribution < -0.4 is 5.32 Å². The van der Waals surface area contributed by atoms with Crippen molar-refractivity contribution in [1.82, 2.24) is 5.32 Å². The van der Waals surface area contributed by atoms with Crippen LogP contribution >= 0.6 is 11.3 Å². The second-order valence-corrected chi connectivity index (χ2v) is 6.45. The zero-order chi connectivity index (χ0) is 12.1. The van der Waals surface area contributed by atoms with E-state index in [4.69, 9.17) is 4.74 Å². The minimum Gasteiger partial charge on any atom is -0.381 e. The molecule has 1 aliphatic rings. The van der Waals surface area contributed by atoms with E-state index in [1.54, 1.807) is 0 Å². The normalized spacial score (nSPS) is 24.6. The van der Waals surface area contributed by atoms with E-state index in [1.807, 2.05) is 11.3 Å². The molecule has 1 atom stereocenters. The van der Waals surface area contributed by atoms with E-state index in [1.165, 1.54) is 24.1 Å². The summed E-state index contributed by atoms with van der Waals surface area (Å²) in [7, 11) is 0. The first-order valence-corrected chi connectivity index (χ1v) is 7.42. The summed E-state index contributed by atoms with van der Waals surface area (Å²) in [5, 5.41) is 5.75. The maximum absolute atomic E-state index is 5.63. The first-order valence-electron chi connectivity index (χ1n) is 6.54. The van der Waals surface area contributed by atoms with Crippen LogP contribution in [0.25, 0.3) is 0 Å². The fourth-order valence-corrected chi connectivity index (χ4v) is 3.05. The average Bonchev–Trinajstić information content (AvgIpc) is 2.96. The van der Waals surface area contributed by atoms with Crippen molar-refractivity contribution in [3.8, 4) is 0 Å². The third-order valence-corrected chi connectivity index (χ3v) is 4.49. The Balaban J connectivity index is 1.87. The first-order chi connectivity index (χ1) is 8.20. The molecule has 0 bridgehead atoms. The summed E-state index contributed by atoms with van der Waals surface area (Å²) >= 11 is 1.87. The molecule has 1 saturated heterocycles. The van der Waals surface area contributed by atoms with Crippen LogP contribution in [0.15, 0.2) is 17.5 Å². The van der Waals surface area contributed by atoms with Gasteiger partial charge in [-0.3, -0.25) is 0 Å². The lowest BCUT2D eigenvalue weighted by Gasteiger charge is -2.28. The molecule has 2 nitrogen and oxygen atoms in total. The van der Waals surface area contributed by atoms with Crippen molar-refractivity contribution in [3.63, 3.8) is 0 Å². The Bertz CT molecular complexity index is 315. The molecule has 17 heavy (non-hydrogen) atoms. The summed E-state index contributed by atoms with van der Waals surface area (Å²) in [6.07, 6.45) is 3.64. The average molecular weight is 253 g/mol. The van der Waals surface area contributed by atoms with E-state index in [-0.39, 0.29) is 0 Å². The monoisotopic (exact) mass is 253 g/mol. The van der Waals surface area contributed by atoms with E-state index < -0.39 is 0 Å². The lowest BCUT2D eigenvalue weighted by molar-refractivity contribution is 0.142. The van der Waals surface area contributed by atoms with Crippen molar-refractivity contribution in [2.45, 2.75) is 39.2 Å². The SMILES string of the molecule is CC(C)NCC1(CCc2cccs2)CCOC1. The smallest absolute Gasteiger partial charge is 0.0535 e. The summed E-state index contributed by atoms with van der Waals surface area (Å²) in [6, 6.07) is 4.95. The van der Waals surface area contributed by atoms with Crippen molar-refractivity contribution in [2.24, 2.45) is 5.41 Å². The Kier molecular flexibility index (Phi) is 4.60. The van der Waals surface area contributed by atoms with Crippen molar-refractivity contribution >= 4 is 11.3 Å². The first kappa shape index (κ1) is 13.1. The van der Waals surface area contributed by atoms with E-state index in [0.717, 1.165) is 19.8 Å². The summed E-state index contributed by atoms with van der Waals surface area (Å²) in [5.74, 6) is 0. The van der Waals surface area contributed by atoms with E-state index in [0.29, 0.717) is 11.5 Å². The van der Waals surface area contributed by atoms with Crippen molar-refractivity contribution in [2.75, 3.05) is 19.8 Å². The predicted octanol–water partition coefficient (Wildman–Crippen LogP) is 3.09. The Morgan fingerprint density at radius 1 is 1.53 bits per heavy atom. The molecule has 0 spiro atoms. The van der Waals surface area contributed by atoms with Gasteiger partial charge in [-0.15, -0.1) is 11.3 Å². The van der Waals surface area contributed by atoms with Gasteiger partial charge < -0.3 is 10.1 Å². The lowest BCUT2D eigenvalue weighted by Crippen LogP contribution is -2.38. The Labute approximate surface area is 108 Å². The van der Waals surface area contributed by atoms with Crippen LogP contribution in [-0.4, -0.2) is 25.8 Å². The van der Waals surface area contributed by atoms with Gasteiger partial charge in [0, 0.05) is 29.5 Å². The Morgan fingerprint density at radius 2 is 2.41 bits per heavy atom. The lowest BCUT2D eigenvalue weighted by atomic mass is 9.82. The van der Waals surface area contributed by atoms with Gasteiger partial charge in [-0.05, 0) is 30.7 Å². The molecule has 1 aliphatic heterocycles. The zero-order valence-electron chi connectivity index (χ0n) is 10.9. The van der Waals surface area contributed by atoms with Crippen LogP contribution in [0.1, 0.15) is 31.6 Å². The largest absolute Gasteiger partial charge is 0.381 e. The van der Waals surface area contributed by atoms with E-state index in [9.17, 15) is 0 Å². The van der Waals surface area contributed by atoms with Gasteiger partial charge in [-0.1, -0.05) is 19.9 Å². The summed E-state index contributed by atoms with van der Waals surface area (Å²) in [6.45, 7) is 7.38. The quantitative estimate of drug-likeness (QED) is 0.841. The van der Waals surface area contributed by atoms with Gasteiger partial charge in [0.15, 0.2) is 0 Å². The highest BCUT2D eigenvalue weighted by molar-refractivity contribution is 7.09. The van der Waals surface area contributed by atoms with Crippen LogP contribution in [0.3, 0.4) is 0 Å². The highest BCUT2D eigenvalue weighted by Gasteiger charge is 2.34. The van der Waals surface area contributed by atoms with Crippen molar-refractivity contribution < 1.29 is 4.74 Å². The molecule has 0 saturated carbocycles. The molecule has 1 N–H and O–H groups in total. The van der Waals surface area contributed by atoms with Crippen LogP contribution in [0.2, 0.25) is 0 Å². The van der Waals surface area contributed by atoms with Gasteiger partial charge in [0.2, 0.25) is 0 Å². The molecule has 0 aromatic carbocycles. The molecule has 1 aromatic heterocycles. The second kappa shape index (κ2) is 5.98. The van der Waals surface area contributed by atoms with Crippen LogP contribution in [-0.2, 0) is 11.2 Å². The van der Waals surface area contributed by atoms with Crippen molar-refractivity contribution in [3.05, 3.63) is 22.4 Å². The molecule has 3 heteroatoms. The van der Waals surface area contributed by atoms with Gasteiger partial charge in [0.05, 0.1) is 6.61 Å². The molecule has 0 radical (unpaired) electrons. The minimum absolute atomic E-state index is 0.369. The number of hydrogen-bond acceptors (Lipinski definition) is 3. The van der Waals surface area contributed by atoms with Gasteiger partial charge >= 0.3 is 0 Å². The van der Waals surface area contributed by atoms with Gasteiger partial charge in [-0.2, -0.15) is 0 Å². The fraction of sp³-hybridized carbons (Fsp3) is 0.714. The predicted molar refractivity (Wildman–Crippen MR) is 73.6 cm³/mol. The number of aryl methyl sites for hydroxylation is 1. The van der Waals surface area contributed by atoms with Crippen LogP contribution in [0.5, 0.6) is 0 Å². The number of hydrogen-bond donors (Lipinski definition) is 1. The number of nitrogens with one attached hydrogen (secondary N) is 1. The maximum atomic E-state index is 5.63. The minimum atomic E-state index is 0.369. The Hall–Kier alpha value is -0.380. The van der Waals surface area contributed by atoms with E-state index in [2.05, 4.69) is 36.7 Å². The summed E-state index contributed by atoms with van der Waals surface area (Å²) in [4.78, 5) is 1.50. The second-order valence-electron chi connectivity index (χ2n) is 5.42. The number of rotatable bonds is 6. The molecule has 96 valence electrons. The van der Waals surface area contributed by atoms with Gasteiger partial charge in [0.1, 0.15) is 0 Å². The van der Waals surface area contributed by atoms with Crippen molar-refractivity contribution in [1.29, 1.82) is 0 Å². The summed E-state index contributed by atoms with van der Waals surface area (Å²) in [5.41, 5.74) is 0.369. The van der Waals surface area contributed by atoms with Crippen LogP contribution in [0, 0.1) is 5.41 Å². The number of thiophene rings is 1. The number of ether oxygens (including phenoxy) is 1. The molecular formula is C14H23NOS. The molecular weight excluding hydrogens is 230 g/mol. The topological polar surface area (TPSA) is 21.3 Å². The summed E-state index contributed by atoms with van der Waals surface area (Å²) < 4.78 is 5.63. The molecule has 2 heterocycles.